The number of carbonyl (C=O) groups is 2. The molecule has 0 unspecified atom stereocenters. The smallest absolute Gasteiger partial charge is 0.238 e. The van der Waals surface area contributed by atoms with Crippen LogP contribution in [0.25, 0.3) is 0 Å². The van der Waals surface area contributed by atoms with E-state index in [-0.39, 0.29) is 35.5 Å². The highest BCUT2D eigenvalue weighted by Gasteiger charge is 2.61. The lowest BCUT2D eigenvalue weighted by Gasteiger charge is -2.45. The van der Waals surface area contributed by atoms with Gasteiger partial charge >= 0.3 is 0 Å². The maximum atomic E-state index is 13.6. The molecule has 0 radical (unpaired) electrons. The Kier molecular flexibility index (Phi) is 3.17. The Balaban J connectivity index is 1.54. The molecule has 1 saturated heterocycles. The Labute approximate surface area is 168 Å². The molecule has 4 aliphatic rings. The van der Waals surface area contributed by atoms with Crippen LogP contribution in [0.15, 0.2) is 72.8 Å². The summed E-state index contributed by atoms with van der Waals surface area (Å²) in [4.78, 5) is 28.5. The van der Waals surface area contributed by atoms with E-state index in [1.807, 2.05) is 24.3 Å². The molecule has 0 saturated carbocycles. The molecule has 3 aromatic carbocycles. The van der Waals surface area contributed by atoms with Gasteiger partial charge in [-0.15, -0.1) is 0 Å². The second-order valence-electron chi connectivity index (χ2n) is 7.94. The third-order valence-electron chi connectivity index (χ3n) is 6.70. The summed E-state index contributed by atoms with van der Waals surface area (Å²) in [5, 5.41) is 9.05. The Morgan fingerprint density at radius 2 is 1.07 bits per heavy atom. The summed E-state index contributed by atoms with van der Waals surface area (Å²) in [6.45, 7) is 0. The molecule has 4 heteroatoms. The van der Waals surface area contributed by atoms with Crippen LogP contribution in [0.2, 0.25) is 0 Å². The quantitative estimate of drug-likeness (QED) is 0.604. The molecule has 0 aromatic heterocycles. The van der Waals surface area contributed by atoms with Crippen LogP contribution in [-0.4, -0.2) is 11.8 Å². The number of hydrogen-bond acceptors (Lipinski definition) is 3. The van der Waals surface area contributed by atoms with Crippen molar-refractivity contribution in [2.45, 2.75) is 11.8 Å². The Bertz CT molecular complexity index is 1120. The van der Waals surface area contributed by atoms with Crippen molar-refractivity contribution in [3.05, 3.63) is 101 Å². The Hall–Kier alpha value is -3.71. The molecule has 2 atom stereocenters. The van der Waals surface area contributed by atoms with Gasteiger partial charge in [-0.1, -0.05) is 48.5 Å². The molecule has 1 fully saturated rings. The first kappa shape index (κ1) is 16.3. The third-order valence-corrected chi connectivity index (χ3v) is 6.70. The van der Waals surface area contributed by atoms with E-state index < -0.39 is 0 Å². The maximum Gasteiger partial charge on any atom is 0.238 e. The van der Waals surface area contributed by atoms with Gasteiger partial charge in [0.15, 0.2) is 0 Å². The van der Waals surface area contributed by atoms with Gasteiger partial charge < -0.3 is 0 Å². The van der Waals surface area contributed by atoms with E-state index in [0.29, 0.717) is 11.3 Å². The highest BCUT2D eigenvalue weighted by Crippen LogP contribution is 2.61. The minimum Gasteiger partial charge on any atom is -0.274 e. The van der Waals surface area contributed by atoms with Crippen LogP contribution in [0.4, 0.5) is 5.69 Å². The number of hydrogen-bond donors (Lipinski definition) is 0. The largest absolute Gasteiger partial charge is 0.274 e. The summed E-state index contributed by atoms with van der Waals surface area (Å²) < 4.78 is 0. The van der Waals surface area contributed by atoms with Crippen LogP contribution in [-0.2, 0) is 9.59 Å². The lowest BCUT2D eigenvalue weighted by Crippen LogP contribution is -2.41. The first-order valence-electron chi connectivity index (χ1n) is 9.76. The minimum atomic E-state index is -0.382. The highest BCUT2D eigenvalue weighted by atomic mass is 16.2. The molecular formula is C25H16N2O2. The van der Waals surface area contributed by atoms with E-state index in [0.717, 1.165) is 0 Å². The van der Waals surface area contributed by atoms with Crippen molar-refractivity contribution in [3.8, 4) is 6.07 Å². The predicted octanol–water partition coefficient (Wildman–Crippen LogP) is 3.95. The van der Waals surface area contributed by atoms with Gasteiger partial charge in [0, 0.05) is 11.8 Å². The fraction of sp³-hybridized carbons (Fsp3) is 0.160. The van der Waals surface area contributed by atoms with Crippen LogP contribution in [0.3, 0.4) is 0 Å². The topological polar surface area (TPSA) is 61.2 Å². The lowest BCUT2D eigenvalue weighted by atomic mass is 9.55. The number of amides is 2. The van der Waals surface area contributed by atoms with Crippen molar-refractivity contribution in [2.75, 3.05) is 4.90 Å². The molecule has 29 heavy (non-hydrogen) atoms. The van der Waals surface area contributed by atoms with E-state index in [4.69, 9.17) is 5.26 Å². The average Bonchev–Trinajstić information content (AvgIpc) is 3.04. The summed E-state index contributed by atoms with van der Waals surface area (Å²) in [6, 6.07) is 25.2. The molecule has 0 N–H and O–H groups in total. The summed E-state index contributed by atoms with van der Waals surface area (Å²) in [7, 11) is 0. The van der Waals surface area contributed by atoms with Crippen LogP contribution < -0.4 is 4.90 Å². The average molecular weight is 376 g/mol. The Morgan fingerprint density at radius 3 is 1.45 bits per heavy atom. The van der Waals surface area contributed by atoms with Gasteiger partial charge in [0.05, 0.1) is 29.2 Å². The molecule has 0 spiro atoms. The van der Waals surface area contributed by atoms with Gasteiger partial charge in [-0.3, -0.25) is 9.59 Å². The molecule has 138 valence electrons. The van der Waals surface area contributed by atoms with Gasteiger partial charge in [0.1, 0.15) is 0 Å². The zero-order valence-electron chi connectivity index (χ0n) is 15.4. The third kappa shape index (κ3) is 1.97. The second-order valence-corrected chi connectivity index (χ2v) is 7.94. The highest BCUT2D eigenvalue weighted by molar-refractivity contribution is 6.23. The van der Waals surface area contributed by atoms with Crippen molar-refractivity contribution in [3.63, 3.8) is 0 Å². The first-order chi connectivity index (χ1) is 14.2. The van der Waals surface area contributed by atoms with Gasteiger partial charge in [-0.25, -0.2) is 4.90 Å². The standard InChI is InChI=1S/C25H16N2O2/c26-13-14-9-11-15(12-10-14)27-24(28)22-20-16-5-1-2-6-17(16)21(23(22)25(27)29)19-8-4-3-7-18(19)20/h1-12,20-23H/t20?,21?,22-,23+. The van der Waals surface area contributed by atoms with E-state index >= 15 is 0 Å². The van der Waals surface area contributed by atoms with Crippen LogP contribution in [0, 0.1) is 23.2 Å². The first-order valence-corrected chi connectivity index (χ1v) is 9.76. The van der Waals surface area contributed by atoms with Crippen molar-refractivity contribution in [2.24, 2.45) is 11.8 Å². The monoisotopic (exact) mass is 376 g/mol. The summed E-state index contributed by atoms with van der Waals surface area (Å²) in [6.07, 6.45) is 0. The van der Waals surface area contributed by atoms with Gasteiger partial charge in [0.2, 0.25) is 11.8 Å². The van der Waals surface area contributed by atoms with Crippen molar-refractivity contribution in [1.29, 1.82) is 5.26 Å². The number of imide groups is 1. The van der Waals surface area contributed by atoms with Crippen molar-refractivity contribution in [1.82, 2.24) is 0 Å². The Morgan fingerprint density at radius 1 is 0.655 bits per heavy atom. The zero-order valence-corrected chi connectivity index (χ0v) is 15.4. The normalized spacial score (nSPS) is 26.0. The van der Waals surface area contributed by atoms with Crippen LogP contribution in [0.5, 0.6) is 0 Å². The molecule has 4 nitrogen and oxygen atoms in total. The summed E-state index contributed by atoms with van der Waals surface area (Å²) in [5.74, 6) is -1.23. The zero-order chi connectivity index (χ0) is 19.7. The molecule has 3 aromatic rings. The number of carbonyl (C=O) groups excluding carboxylic acids is 2. The minimum absolute atomic E-state index is 0.0998. The SMILES string of the molecule is N#Cc1ccc(N2C(=O)[C@@H]3C4c5ccccc5C(c5ccccc54)[C@@H]3C2=O)cc1. The lowest BCUT2D eigenvalue weighted by molar-refractivity contribution is -0.122. The fourth-order valence-electron chi connectivity index (χ4n) is 5.62. The number of benzene rings is 3. The summed E-state index contributed by atoms with van der Waals surface area (Å²) >= 11 is 0. The predicted molar refractivity (Wildman–Crippen MR) is 107 cm³/mol. The van der Waals surface area contributed by atoms with Gasteiger partial charge in [-0.05, 0) is 46.5 Å². The maximum absolute atomic E-state index is 13.6. The molecule has 2 bridgehead atoms. The molecule has 1 heterocycles. The molecular weight excluding hydrogens is 360 g/mol. The molecule has 1 aliphatic heterocycles. The van der Waals surface area contributed by atoms with Gasteiger partial charge in [-0.2, -0.15) is 5.26 Å². The van der Waals surface area contributed by atoms with Crippen LogP contribution in [0.1, 0.15) is 39.7 Å². The van der Waals surface area contributed by atoms with E-state index in [9.17, 15) is 9.59 Å². The van der Waals surface area contributed by atoms with Crippen LogP contribution >= 0.6 is 0 Å². The number of rotatable bonds is 1. The van der Waals surface area contributed by atoms with Crippen molar-refractivity contribution < 1.29 is 9.59 Å². The molecule has 2 amide bonds. The van der Waals surface area contributed by atoms with E-state index in [1.165, 1.54) is 27.2 Å². The van der Waals surface area contributed by atoms with Gasteiger partial charge in [0.25, 0.3) is 0 Å². The second kappa shape index (κ2) is 5.65. The molecule has 7 rings (SSSR count). The van der Waals surface area contributed by atoms with Crippen molar-refractivity contribution >= 4 is 17.5 Å². The number of nitrogens with zero attached hydrogens (tertiary/aromatic N) is 2. The van der Waals surface area contributed by atoms with E-state index in [2.05, 4.69) is 30.3 Å². The van der Waals surface area contributed by atoms with E-state index in [1.54, 1.807) is 24.3 Å². The molecule has 3 aliphatic carbocycles. The fourth-order valence-corrected chi connectivity index (χ4v) is 5.62. The number of nitriles is 1. The number of anilines is 1. The summed E-state index contributed by atoms with van der Waals surface area (Å²) in [5.41, 5.74) is 5.71.